The molecule has 0 radical (unpaired) electrons. The van der Waals surface area contributed by atoms with E-state index in [0.29, 0.717) is 71.6 Å². The Labute approximate surface area is 339 Å². The quantitative estimate of drug-likeness (QED) is 0.126. The van der Waals surface area contributed by atoms with Gasteiger partial charge in [-0.3, -0.25) is 0 Å². The summed E-state index contributed by atoms with van der Waals surface area (Å²) in [4.78, 5) is 3.69. The average molecular weight is 791 g/mol. The van der Waals surface area contributed by atoms with Crippen LogP contribution in [-0.4, -0.2) is 9.13 Å². The lowest BCUT2D eigenvalue weighted by Crippen LogP contribution is -2.16. The van der Waals surface area contributed by atoms with Crippen molar-refractivity contribution in [1.82, 2.24) is 9.13 Å². The zero-order chi connectivity index (χ0) is 41.3. The van der Waals surface area contributed by atoms with Gasteiger partial charge in [-0.05, 0) is 100 Å². The molecule has 0 bridgehead atoms. The monoisotopic (exact) mass is 790 g/mol. The zero-order valence-corrected chi connectivity index (χ0v) is 31.3. The lowest BCUT2D eigenvalue weighted by atomic mass is 9.98. The molecule has 60 heavy (non-hydrogen) atoms. The summed E-state index contributed by atoms with van der Waals surface area (Å²) >= 11 is 0. The van der Waals surface area contributed by atoms with Gasteiger partial charge < -0.3 is 9.13 Å². The van der Waals surface area contributed by atoms with Gasteiger partial charge in [0, 0.05) is 27.6 Å². The van der Waals surface area contributed by atoms with Crippen LogP contribution < -0.4 is 0 Å². The molecule has 2 aromatic heterocycles. The molecule has 0 atom stereocenters. The Morgan fingerprint density at radius 2 is 0.950 bits per heavy atom. The number of hydrogen-bond donors (Lipinski definition) is 0. The maximum atomic E-state index is 16.3. The Hall–Kier alpha value is -8.01. The molecule has 10 rings (SSSR count). The van der Waals surface area contributed by atoms with Crippen LogP contribution in [-0.2, 0) is 6.18 Å². The van der Waals surface area contributed by atoms with Crippen molar-refractivity contribution in [2.75, 3.05) is 0 Å². The van der Waals surface area contributed by atoms with Crippen molar-refractivity contribution in [1.29, 1.82) is 5.26 Å². The van der Waals surface area contributed by atoms with E-state index in [2.05, 4.69) is 10.9 Å². The molecule has 0 aliphatic rings. The molecular formula is C51H27F5N4. The third kappa shape index (κ3) is 5.79. The first-order chi connectivity index (χ1) is 29.1. The van der Waals surface area contributed by atoms with Gasteiger partial charge in [0.05, 0.1) is 51.6 Å². The molecule has 0 N–H and O–H groups in total. The summed E-state index contributed by atoms with van der Waals surface area (Å²) in [6.07, 6.45) is -4.95. The van der Waals surface area contributed by atoms with E-state index in [-0.39, 0.29) is 22.5 Å². The molecule has 0 aliphatic heterocycles. The lowest BCUT2D eigenvalue weighted by molar-refractivity contribution is -0.137. The highest BCUT2D eigenvalue weighted by Gasteiger charge is 2.39. The highest BCUT2D eigenvalue weighted by molar-refractivity contribution is 6.12. The summed E-state index contributed by atoms with van der Waals surface area (Å²) in [6, 6.07) is 47.3. The molecule has 0 spiro atoms. The number of alkyl halides is 3. The highest BCUT2D eigenvalue weighted by atomic mass is 19.4. The minimum absolute atomic E-state index is 0.0543. The van der Waals surface area contributed by atoms with Crippen LogP contribution in [0.15, 0.2) is 164 Å². The maximum absolute atomic E-state index is 16.3. The van der Waals surface area contributed by atoms with Crippen molar-refractivity contribution in [3.05, 3.63) is 198 Å². The predicted octanol–water partition coefficient (Wildman–Crippen LogP) is 14.6. The van der Waals surface area contributed by atoms with Crippen LogP contribution in [0.25, 0.3) is 93.2 Å². The van der Waals surface area contributed by atoms with Crippen LogP contribution in [0.4, 0.5) is 27.6 Å². The number of aromatic nitrogens is 2. The smallest absolute Gasteiger partial charge is 0.309 e. The van der Waals surface area contributed by atoms with Crippen LogP contribution in [0.1, 0.15) is 11.1 Å². The first-order valence-electron chi connectivity index (χ1n) is 18.9. The molecular weight excluding hydrogens is 764 g/mol. The van der Waals surface area contributed by atoms with E-state index in [4.69, 9.17) is 6.57 Å². The summed E-state index contributed by atoms with van der Waals surface area (Å²) in [5.41, 5.74) is 4.32. The van der Waals surface area contributed by atoms with Gasteiger partial charge in [0.2, 0.25) is 0 Å². The van der Waals surface area contributed by atoms with Crippen LogP contribution in [0, 0.1) is 29.5 Å². The Kier molecular flexibility index (Phi) is 8.38. The van der Waals surface area contributed by atoms with Crippen molar-refractivity contribution in [3.63, 3.8) is 0 Å². The van der Waals surface area contributed by atoms with E-state index in [1.807, 2.05) is 60.7 Å². The Bertz CT molecular complexity index is 3270. The third-order valence-electron chi connectivity index (χ3n) is 11.1. The fourth-order valence-electron chi connectivity index (χ4n) is 8.59. The first kappa shape index (κ1) is 36.3. The lowest BCUT2D eigenvalue weighted by Gasteiger charge is -2.23. The van der Waals surface area contributed by atoms with Crippen molar-refractivity contribution < 1.29 is 22.0 Å². The number of nitriles is 1. The molecule has 0 fully saturated rings. The van der Waals surface area contributed by atoms with Crippen molar-refractivity contribution in [2.24, 2.45) is 0 Å². The van der Waals surface area contributed by atoms with E-state index in [1.165, 1.54) is 12.1 Å². The molecule has 0 saturated heterocycles. The topological polar surface area (TPSA) is 38.0 Å². The largest absolute Gasteiger partial charge is 0.420 e. The summed E-state index contributed by atoms with van der Waals surface area (Å²) in [7, 11) is 0. The van der Waals surface area contributed by atoms with E-state index in [9.17, 15) is 14.0 Å². The molecule has 8 aromatic carbocycles. The normalized spacial score (nSPS) is 11.7. The molecule has 0 amide bonds. The van der Waals surface area contributed by atoms with Crippen LogP contribution in [0.5, 0.6) is 0 Å². The van der Waals surface area contributed by atoms with Gasteiger partial charge in [-0.2, -0.15) is 18.4 Å². The number of benzene rings is 8. The SMILES string of the molecule is [C-]#[N+]c1ccccc1-c1ccc2c(c1)c1ccccc1n2-c1cc(-c2cc(F)cc(F)c2)cc(-n2c3ccccc3c3cc(-c4ccccc4C#N)ccc32)c1C(F)(F)F. The van der Waals surface area contributed by atoms with Gasteiger partial charge in [-0.1, -0.05) is 91.0 Å². The number of fused-ring (bicyclic) bond motifs is 6. The second kappa shape index (κ2) is 13.8. The molecule has 9 heteroatoms. The van der Waals surface area contributed by atoms with Crippen molar-refractivity contribution in [2.45, 2.75) is 6.18 Å². The molecule has 0 unspecified atom stereocenters. The first-order valence-corrected chi connectivity index (χ1v) is 18.9. The minimum Gasteiger partial charge on any atom is -0.309 e. The third-order valence-corrected chi connectivity index (χ3v) is 11.1. The van der Waals surface area contributed by atoms with Gasteiger partial charge in [0.15, 0.2) is 5.69 Å². The van der Waals surface area contributed by atoms with Gasteiger partial charge in [-0.15, -0.1) is 0 Å². The van der Waals surface area contributed by atoms with Crippen LogP contribution in [0.3, 0.4) is 0 Å². The second-order valence-corrected chi connectivity index (χ2v) is 14.5. The summed E-state index contributed by atoms with van der Waals surface area (Å²) in [5.74, 6) is -1.75. The molecule has 0 aliphatic carbocycles. The van der Waals surface area contributed by atoms with Crippen molar-refractivity contribution in [3.8, 4) is 50.8 Å². The number of rotatable bonds is 5. The molecule has 286 valence electrons. The zero-order valence-electron chi connectivity index (χ0n) is 31.3. The fourth-order valence-corrected chi connectivity index (χ4v) is 8.59. The van der Waals surface area contributed by atoms with Crippen LogP contribution in [0.2, 0.25) is 0 Å². The standard InChI is InChI=1S/C51H27F5N4/c1-58-43-15-7-4-12-38(43)31-19-21-47-42(25-31)40-14-6-9-17-45(40)60(47)49-27-34(33-22-35(52)28-36(53)23-33)26-48(50(49)51(54,55)56)59-44-16-8-5-13-39(44)41-24-30(18-20-46(41)59)37-11-3-2-10-32(37)29-57/h2-28H. The molecule has 0 saturated carbocycles. The van der Waals surface area contributed by atoms with Crippen molar-refractivity contribution >= 4 is 49.3 Å². The maximum Gasteiger partial charge on any atom is 0.420 e. The summed E-state index contributed by atoms with van der Waals surface area (Å²) < 4.78 is 81.9. The Balaban J connectivity index is 1.34. The Morgan fingerprint density at radius 1 is 0.483 bits per heavy atom. The average Bonchev–Trinajstić information content (AvgIpc) is 3.77. The highest BCUT2D eigenvalue weighted by Crippen LogP contribution is 2.47. The van der Waals surface area contributed by atoms with E-state index >= 15 is 13.2 Å². The number of para-hydroxylation sites is 3. The second-order valence-electron chi connectivity index (χ2n) is 14.5. The van der Waals surface area contributed by atoms with Gasteiger partial charge in [0.1, 0.15) is 17.2 Å². The number of hydrogen-bond acceptors (Lipinski definition) is 1. The number of halogens is 5. The van der Waals surface area contributed by atoms with Gasteiger partial charge in [0.25, 0.3) is 0 Å². The number of nitrogens with zero attached hydrogens (tertiary/aromatic N) is 4. The van der Waals surface area contributed by atoms with Crippen LogP contribution >= 0.6 is 0 Å². The summed E-state index contributed by atoms with van der Waals surface area (Å²) in [5, 5.41) is 12.5. The fraction of sp³-hybridized carbons (Fsp3) is 0.0196. The van der Waals surface area contributed by atoms with E-state index < -0.39 is 23.4 Å². The molecule has 4 nitrogen and oxygen atoms in total. The van der Waals surface area contributed by atoms with E-state index in [1.54, 1.807) is 81.9 Å². The van der Waals surface area contributed by atoms with E-state index in [0.717, 1.165) is 23.8 Å². The molecule has 2 heterocycles. The predicted molar refractivity (Wildman–Crippen MR) is 227 cm³/mol. The Morgan fingerprint density at radius 3 is 1.50 bits per heavy atom. The summed E-state index contributed by atoms with van der Waals surface area (Å²) in [6.45, 7) is 7.74. The van der Waals surface area contributed by atoms with Gasteiger partial charge in [-0.25, -0.2) is 13.6 Å². The minimum atomic E-state index is -4.95. The molecule has 10 aromatic rings. The van der Waals surface area contributed by atoms with Gasteiger partial charge >= 0.3 is 6.18 Å².